The minimum absolute atomic E-state index is 0.0801. The van der Waals surface area contributed by atoms with Gasteiger partial charge in [-0.05, 0) is 38.5 Å². The Morgan fingerprint density at radius 3 is 2.47 bits per heavy atom. The number of carbonyl (C=O) groups is 1. The summed E-state index contributed by atoms with van der Waals surface area (Å²) < 4.78 is 29.6. The molecule has 3 N–H and O–H groups in total. The summed E-state index contributed by atoms with van der Waals surface area (Å²) in [7, 11) is -4.04. The second kappa shape index (κ2) is 19.2. The zero-order valence-corrected chi connectivity index (χ0v) is 18.7. The summed E-state index contributed by atoms with van der Waals surface area (Å²) in [6, 6.07) is 0. The van der Waals surface area contributed by atoms with Crippen LogP contribution < -0.4 is 5.32 Å². The summed E-state index contributed by atoms with van der Waals surface area (Å²) in [5.41, 5.74) is 0. The first-order chi connectivity index (χ1) is 14.4. The maximum atomic E-state index is 11.5. The van der Waals surface area contributed by atoms with Gasteiger partial charge in [-0.1, -0.05) is 68.4 Å². The van der Waals surface area contributed by atoms with Gasteiger partial charge in [0.25, 0.3) is 10.1 Å². The van der Waals surface area contributed by atoms with Crippen LogP contribution in [0.15, 0.2) is 48.6 Å². The van der Waals surface area contributed by atoms with E-state index in [2.05, 4.69) is 23.2 Å². The Morgan fingerprint density at radius 2 is 1.77 bits per heavy atom. The third-order valence-electron chi connectivity index (χ3n) is 4.11. The van der Waals surface area contributed by atoms with Crippen LogP contribution in [0.2, 0.25) is 0 Å². The van der Waals surface area contributed by atoms with Crippen LogP contribution in [0.5, 0.6) is 0 Å². The van der Waals surface area contributed by atoms with E-state index in [-0.39, 0.29) is 18.6 Å². The molecular weight excluding hydrogens is 406 g/mol. The van der Waals surface area contributed by atoms with E-state index < -0.39 is 15.9 Å². The van der Waals surface area contributed by atoms with E-state index in [0.29, 0.717) is 19.3 Å². The molecule has 0 saturated carbocycles. The predicted molar refractivity (Wildman–Crippen MR) is 121 cm³/mol. The van der Waals surface area contributed by atoms with Gasteiger partial charge < -0.3 is 5.32 Å². The van der Waals surface area contributed by atoms with Crippen molar-refractivity contribution in [2.24, 2.45) is 0 Å². The molecule has 0 bridgehead atoms. The molecule has 0 heterocycles. The smallest absolute Gasteiger partial charge is 0.266 e. The Kier molecular flexibility index (Phi) is 18.1. The van der Waals surface area contributed by atoms with Crippen LogP contribution in [0.3, 0.4) is 0 Å². The molecule has 0 aliphatic heterocycles. The number of hydrogen-bond acceptors (Lipinski definition) is 5. The molecule has 172 valence electrons. The van der Waals surface area contributed by atoms with Crippen molar-refractivity contribution in [3.8, 4) is 0 Å². The van der Waals surface area contributed by atoms with Gasteiger partial charge in [-0.2, -0.15) is 8.42 Å². The lowest BCUT2D eigenvalue weighted by Gasteiger charge is -2.04. The number of unbranched alkanes of at least 4 members (excludes halogenated alkanes) is 4. The number of rotatable bonds is 18. The van der Waals surface area contributed by atoms with Crippen molar-refractivity contribution < 1.29 is 27.9 Å². The summed E-state index contributed by atoms with van der Waals surface area (Å²) in [5, 5.41) is 11.4. The minimum atomic E-state index is -4.04. The maximum absolute atomic E-state index is 11.5. The van der Waals surface area contributed by atoms with Gasteiger partial charge in [0.15, 0.2) is 0 Å². The standard InChI is InChI=1S/C22H37NO6S/c1-2-3-4-5-10-13-16-21(29-25)17-14-11-8-6-7-9-12-15-18-22(24)23-19-20-30(26,27)28/h7-11,13-14,17,21,25H,2-6,12,15-16,18-20H2,1H3,(H,23,24)(H,26,27,28). The number of hydrogen-bond donors (Lipinski definition) is 3. The Hall–Kier alpha value is -1.74. The van der Waals surface area contributed by atoms with Crippen molar-refractivity contribution in [2.75, 3.05) is 12.3 Å². The molecule has 0 aromatic rings. The second-order valence-electron chi connectivity index (χ2n) is 6.90. The van der Waals surface area contributed by atoms with Crippen molar-refractivity contribution >= 4 is 16.0 Å². The van der Waals surface area contributed by atoms with Crippen LogP contribution in [0.4, 0.5) is 0 Å². The lowest BCUT2D eigenvalue weighted by Crippen LogP contribution is -2.28. The SMILES string of the molecule is CCCCCC=CCC(C=CC=CCC=CCCCC(=O)NCCS(=O)(=O)O)OO. The van der Waals surface area contributed by atoms with Gasteiger partial charge in [-0.25, -0.2) is 4.89 Å². The molecule has 0 rings (SSSR count). The Labute approximate surface area is 181 Å². The average molecular weight is 444 g/mol. The highest BCUT2D eigenvalue weighted by Crippen LogP contribution is 2.04. The van der Waals surface area contributed by atoms with Crippen molar-refractivity contribution in [3.63, 3.8) is 0 Å². The van der Waals surface area contributed by atoms with E-state index in [1.54, 1.807) is 6.08 Å². The van der Waals surface area contributed by atoms with Crippen LogP contribution in [0.25, 0.3) is 0 Å². The molecule has 0 aromatic heterocycles. The summed E-state index contributed by atoms with van der Waals surface area (Å²) in [6.07, 6.45) is 23.1. The highest BCUT2D eigenvalue weighted by molar-refractivity contribution is 7.85. The van der Waals surface area contributed by atoms with Crippen LogP contribution in [0, 0.1) is 0 Å². The Bertz CT molecular complexity index is 653. The Balaban J connectivity index is 3.82. The first-order valence-electron chi connectivity index (χ1n) is 10.5. The first kappa shape index (κ1) is 28.3. The molecule has 0 aromatic carbocycles. The average Bonchev–Trinajstić information content (AvgIpc) is 2.69. The van der Waals surface area contributed by atoms with E-state index in [1.165, 1.54) is 19.3 Å². The van der Waals surface area contributed by atoms with Gasteiger partial charge >= 0.3 is 0 Å². The lowest BCUT2D eigenvalue weighted by molar-refractivity contribution is -0.264. The highest BCUT2D eigenvalue weighted by Gasteiger charge is 2.05. The number of amides is 1. The van der Waals surface area contributed by atoms with E-state index in [9.17, 15) is 13.2 Å². The van der Waals surface area contributed by atoms with Crippen molar-refractivity contribution in [1.29, 1.82) is 0 Å². The van der Waals surface area contributed by atoms with Gasteiger partial charge in [-0.15, -0.1) is 0 Å². The molecule has 0 radical (unpaired) electrons. The second-order valence-corrected chi connectivity index (χ2v) is 8.47. The minimum Gasteiger partial charge on any atom is -0.355 e. The van der Waals surface area contributed by atoms with Gasteiger partial charge in [0.05, 0.1) is 5.75 Å². The molecule has 1 unspecified atom stereocenters. The zero-order valence-electron chi connectivity index (χ0n) is 17.9. The molecule has 30 heavy (non-hydrogen) atoms. The van der Waals surface area contributed by atoms with E-state index in [1.807, 2.05) is 36.5 Å². The molecule has 1 amide bonds. The fraction of sp³-hybridized carbons (Fsp3) is 0.591. The summed E-state index contributed by atoms with van der Waals surface area (Å²) in [4.78, 5) is 15.9. The van der Waals surface area contributed by atoms with Crippen molar-refractivity contribution in [3.05, 3.63) is 48.6 Å². The van der Waals surface area contributed by atoms with Gasteiger partial charge in [0, 0.05) is 13.0 Å². The maximum Gasteiger partial charge on any atom is 0.266 e. The molecule has 7 nitrogen and oxygen atoms in total. The van der Waals surface area contributed by atoms with Crippen LogP contribution >= 0.6 is 0 Å². The zero-order chi connectivity index (χ0) is 22.5. The lowest BCUT2D eigenvalue weighted by atomic mass is 10.1. The van der Waals surface area contributed by atoms with E-state index in [4.69, 9.17) is 9.81 Å². The molecule has 0 spiro atoms. The summed E-state index contributed by atoms with van der Waals surface area (Å²) >= 11 is 0. The van der Waals surface area contributed by atoms with E-state index >= 15 is 0 Å². The molecule has 8 heteroatoms. The summed E-state index contributed by atoms with van der Waals surface area (Å²) in [6.45, 7) is 2.10. The molecule has 0 fully saturated rings. The highest BCUT2D eigenvalue weighted by atomic mass is 32.2. The third kappa shape index (κ3) is 21.0. The van der Waals surface area contributed by atoms with Crippen LogP contribution in [0.1, 0.15) is 64.7 Å². The molecule has 0 aliphatic carbocycles. The predicted octanol–water partition coefficient (Wildman–Crippen LogP) is 4.60. The number of carbonyl (C=O) groups excluding carboxylic acids is 1. The molecule has 0 aliphatic rings. The van der Waals surface area contributed by atoms with Crippen LogP contribution in [-0.2, 0) is 19.8 Å². The first-order valence-corrected chi connectivity index (χ1v) is 12.1. The monoisotopic (exact) mass is 443 g/mol. The van der Waals surface area contributed by atoms with Gasteiger partial charge in [0.1, 0.15) is 6.10 Å². The third-order valence-corrected chi connectivity index (χ3v) is 4.83. The largest absolute Gasteiger partial charge is 0.355 e. The summed E-state index contributed by atoms with van der Waals surface area (Å²) in [5.74, 6) is -0.700. The molecule has 1 atom stereocenters. The number of allylic oxidation sites excluding steroid dienone is 6. The van der Waals surface area contributed by atoms with Crippen molar-refractivity contribution in [2.45, 2.75) is 70.8 Å². The molecule has 0 saturated heterocycles. The topological polar surface area (TPSA) is 113 Å². The number of nitrogens with one attached hydrogen (secondary N) is 1. The normalized spacial score (nSPS) is 13.8. The van der Waals surface area contributed by atoms with Crippen LogP contribution in [-0.4, -0.2) is 42.5 Å². The van der Waals surface area contributed by atoms with Crippen molar-refractivity contribution in [1.82, 2.24) is 5.32 Å². The van der Waals surface area contributed by atoms with E-state index in [0.717, 1.165) is 19.3 Å². The molecular formula is C22H37NO6S. The Morgan fingerprint density at radius 1 is 1.03 bits per heavy atom. The fourth-order valence-corrected chi connectivity index (χ4v) is 2.80. The fourth-order valence-electron chi connectivity index (χ4n) is 2.44. The quantitative estimate of drug-likeness (QED) is 0.0712. The van der Waals surface area contributed by atoms with Gasteiger partial charge in [0.2, 0.25) is 5.91 Å². The van der Waals surface area contributed by atoms with Gasteiger partial charge in [-0.3, -0.25) is 14.6 Å².